The molecule has 1 heterocycles. The first-order chi connectivity index (χ1) is 9.69. The predicted molar refractivity (Wildman–Crippen MR) is 74.3 cm³/mol. The summed E-state index contributed by atoms with van der Waals surface area (Å²) >= 11 is 0. The molecule has 106 valence electrons. The van der Waals surface area contributed by atoms with Gasteiger partial charge in [0.2, 0.25) is 5.82 Å². The average molecular weight is 274 g/mol. The number of hydrogen-bond acceptors (Lipinski definition) is 5. The molecule has 0 saturated heterocycles. The van der Waals surface area contributed by atoms with Crippen LogP contribution in [0.1, 0.15) is 26.7 Å². The van der Waals surface area contributed by atoms with Gasteiger partial charge in [0.05, 0.1) is 6.61 Å². The Morgan fingerprint density at radius 3 is 2.70 bits per heavy atom. The summed E-state index contributed by atoms with van der Waals surface area (Å²) in [6.07, 6.45) is 2.16. The van der Waals surface area contributed by atoms with Crippen LogP contribution in [0.15, 0.2) is 24.3 Å². The van der Waals surface area contributed by atoms with E-state index in [9.17, 15) is 4.79 Å². The molecule has 0 aliphatic heterocycles. The fraction of sp³-hybridized carbons (Fsp3) is 0.429. The maximum absolute atomic E-state index is 11.0. The van der Waals surface area contributed by atoms with Crippen LogP contribution >= 0.6 is 0 Å². The molecule has 0 unspecified atom stereocenters. The normalized spacial score (nSPS) is 10.5. The number of tetrazole rings is 1. The molecule has 0 amide bonds. The number of carbonyl (C=O) groups excluding carboxylic acids is 1. The van der Waals surface area contributed by atoms with E-state index < -0.39 is 0 Å². The minimum atomic E-state index is -0.00591. The third-order valence-corrected chi connectivity index (χ3v) is 2.70. The molecule has 6 nitrogen and oxygen atoms in total. The predicted octanol–water partition coefficient (Wildman–Crippen LogP) is 2.11. The van der Waals surface area contributed by atoms with Gasteiger partial charge in [0.25, 0.3) is 0 Å². The Bertz CT molecular complexity index is 563. The van der Waals surface area contributed by atoms with Gasteiger partial charge in [0.1, 0.15) is 12.3 Å². The Morgan fingerprint density at radius 1 is 1.30 bits per heavy atom. The summed E-state index contributed by atoms with van der Waals surface area (Å²) < 4.78 is 5.59. The molecule has 0 atom stereocenters. The summed E-state index contributed by atoms with van der Waals surface area (Å²) in [6, 6.07) is 7.54. The Labute approximate surface area is 117 Å². The van der Waals surface area contributed by atoms with Gasteiger partial charge >= 0.3 is 0 Å². The van der Waals surface area contributed by atoms with Gasteiger partial charge in [0, 0.05) is 5.56 Å². The minimum Gasteiger partial charge on any atom is -0.494 e. The van der Waals surface area contributed by atoms with Gasteiger partial charge < -0.3 is 4.74 Å². The molecular formula is C14H18N4O2. The number of hydrogen-bond donors (Lipinski definition) is 0. The van der Waals surface area contributed by atoms with Gasteiger partial charge in [-0.15, -0.1) is 10.2 Å². The molecule has 1 aromatic carbocycles. The molecule has 6 heteroatoms. The van der Waals surface area contributed by atoms with Crippen molar-refractivity contribution in [3.63, 3.8) is 0 Å². The van der Waals surface area contributed by atoms with Crippen LogP contribution in [0.5, 0.6) is 5.75 Å². The zero-order valence-electron chi connectivity index (χ0n) is 11.7. The van der Waals surface area contributed by atoms with Gasteiger partial charge in [-0.25, -0.2) is 0 Å². The Hall–Kier alpha value is -2.24. The molecule has 0 saturated carbocycles. The van der Waals surface area contributed by atoms with E-state index in [0.29, 0.717) is 5.82 Å². The molecule has 1 aromatic heterocycles. The Morgan fingerprint density at radius 2 is 2.05 bits per heavy atom. The highest BCUT2D eigenvalue weighted by molar-refractivity contribution is 5.75. The van der Waals surface area contributed by atoms with Crippen molar-refractivity contribution < 1.29 is 9.53 Å². The Kier molecular flexibility index (Phi) is 4.81. The first-order valence-corrected chi connectivity index (χ1v) is 6.69. The first kappa shape index (κ1) is 14.2. The number of nitrogens with zero attached hydrogens (tertiary/aromatic N) is 4. The molecule has 0 aliphatic carbocycles. The van der Waals surface area contributed by atoms with Crippen molar-refractivity contribution >= 4 is 5.78 Å². The maximum Gasteiger partial charge on any atom is 0.204 e. The molecule has 2 rings (SSSR count). The van der Waals surface area contributed by atoms with E-state index in [1.54, 1.807) is 0 Å². The second-order valence-electron chi connectivity index (χ2n) is 4.57. The number of carbonyl (C=O) groups is 1. The third kappa shape index (κ3) is 3.88. The zero-order chi connectivity index (χ0) is 14.4. The number of ether oxygens (including phenoxy) is 1. The standard InChI is InChI=1S/C14H18N4O2/c1-3-4-9-20-13-7-5-12(6-8-13)14-15-17-18(16-14)10-11(2)19/h5-8H,3-4,9-10H2,1-2H3. The molecule has 20 heavy (non-hydrogen) atoms. The summed E-state index contributed by atoms with van der Waals surface area (Å²) in [7, 11) is 0. The SMILES string of the molecule is CCCCOc1ccc(-c2nnn(CC(C)=O)n2)cc1. The van der Waals surface area contributed by atoms with Crippen LogP contribution < -0.4 is 4.74 Å². The van der Waals surface area contributed by atoms with E-state index in [1.165, 1.54) is 11.7 Å². The number of benzene rings is 1. The number of Topliss-reactive ketones (excluding diaryl/α,β-unsaturated/α-hetero) is 1. The molecule has 0 N–H and O–H groups in total. The summed E-state index contributed by atoms with van der Waals surface area (Å²) in [5.41, 5.74) is 0.850. The van der Waals surface area contributed by atoms with Crippen molar-refractivity contribution in [1.82, 2.24) is 20.2 Å². The van der Waals surface area contributed by atoms with Crippen LogP contribution in [0, 0.1) is 0 Å². The van der Waals surface area contributed by atoms with E-state index >= 15 is 0 Å². The van der Waals surface area contributed by atoms with E-state index in [4.69, 9.17) is 4.74 Å². The monoisotopic (exact) mass is 274 g/mol. The van der Waals surface area contributed by atoms with Crippen molar-refractivity contribution in [2.45, 2.75) is 33.2 Å². The van der Waals surface area contributed by atoms with E-state index in [2.05, 4.69) is 22.3 Å². The second kappa shape index (κ2) is 6.79. The molecule has 0 radical (unpaired) electrons. The van der Waals surface area contributed by atoms with E-state index in [0.717, 1.165) is 30.8 Å². The summed E-state index contributed by atoms with van der Waals surface area (Å²) in [5, 5.41) is 11.9. The zero-order valence-corrected chi connectivity index (χ0v) is 11.7. The molecule has 2 aromatic rings. The highest BCUT2D eigenvalue weighted by Gasteiger charge is 2.07. The van der Waals surface area contributed by atoms with Crippen LogP contribution in [0.3, 0.4) is 0 Å². The fourth-order valence-electron chi connectivity index (χ4n) is 1.66. The lowest BCUT2D eigenvalue weighted by molar-refractivity contribution is -0.117. The lowest BCUT2D eigenvalue weighted by Gasteiger charge is -2.05. The average Bonchev–Trinajstić information content (AvgIpc) is 2.87. The van der Waals surface area contributed by atoms with Crippen LogP contribution in [-0.2, 0) is 11.3 Å². The van der Waals surface area contributed by atoms with Gasteiger partial charge in [-0.05, 0) is 42.8 Å². The van der Waals surface area contributed by atoms with Crippen LogP contribution in [0.2, 0.25) is 0 Å². The van der Waals surface area contributed by atoms with Crippen molar-refractivity contribution in [3.8, 4) is 17.1 Å². The molecular weight excluding hydrogens is 256 g/mol. The lowest BCUT2D eigenvalue weighted by atomic mass is 10.2. The molecule has 0 fully saturated rings. The maximum atomic E-state index is 11.0. The smallest absolute Gasteiger partial charge is 0.204 e. The van der Waals surface area contributed by atoms with Crippen molar-refractivity contribution in [2.75, 3.05) is 6.61 Å². The summed E-state index contributed by atoms with van der Waals surface area (Å²) in [6.45, 7) is 4.49. The van der Waals surface area contributed by atoms with E-state index in [-0.39, 0.29) is 12.3 Å². The van der Waals surface area contributed by atoms with E-state index in [1.807, 2.05) is 24.3 Å². The van der Waals surface area contributed by atoms with Crippen LogP contribution in [0.4, 0.5) is 0 Å². The third-order valence-electron chi connectivity index (χ3n) is 2.70. The number of rotatable bonds is 7. The summed E-state index contributed by atoms with van der Waals surface area (Å²) in [4.78, 5) is 12.3. The highest BCUT2D eigenvalue weighted by Crippen LogP contribution is 2.18. The topological polar surface area (TPSA) is 69.9 Å². The molecule has 0 bridgehead atoms. The fourth-order valence-corrected chi connectivity index (χ4v) is 1.66. The second-order valence-corrected chi connectivity index (χ2v) is 4.57. The van der Waals surface area contributed by atoms with Gasteiger partial charge in [0.15, 0.2) is 5.78 Å². The van der Waals surface area contributed by atoms with Crippen molar-refractivity contribution in [1.29, 1.82) is 0 Å². The van der Waals surface area contributed by atoms with Crippen LogP contribution in [0.25, 0.3) is 11.4 Å². The number of unbranched alkanes of at least 4 members (excludes halogenated alkanes) is 1. The number of aromatic nitrogens is 4. The van der Waals surface area contributed by atoms with Crippen molar-refractivity contribution in [3.05, 3.63) is 24.3 Å². The quantitative estimate of drug-likeness (QED) is 0.723. The highest BCUT2D eigenvalue weighted by atomic mass is 16.5. The number of ketones is 1. The van der Waals surface area contributed by atoms with Gasteiger partial charge in [-0.2, -0.15) is 4.80 Å². The lowest BCUT2D eigenvalue weighted by Crippen LogP contribution is -2.09. The minimum absolute atomic E-state index is 0.00591. The summed E-state index contributed by atoms with van der Waals surface area (Å²) in [5.74, 6) is 1.33. The van der Waals surface area contributed by atoms with Gasteiger partial charge in [-0.1, -0.05) is 13.3 Å². The van der Waals surface area contributed by atoms with Gasteiger partial charge in [-0.3, -0.25) is 4.79 Å². The molecule has 0 spiro atoms. The molecule has 0 aliphatic rings. The Balaban J connectivity index is 2.02. The van der Waals surface area contributed by atoms with Crippen LogP contribution in [-0.4, -0.2) is 32.6 Å². The van der Waals surface area contributed by atoms with Crippen molar-refractivity contribution in [2.24, 2.45) is 0 Å². The first-order valence-electron chi connectivity index (χ1n) is 6.69. The largest absolute Gasteiger partial charge is 0.494 e.